The second kappa shape index (κ2) is 4.97. The number of aromatic nitrogens is 1. The highest BCUT2D eigenvalue weighted by Crippen LogP contribution is 2.29. The van der Waals surface area contributed by atoms with Gasteiger partial charge in [0.25, 0.3) is 0 Å². The molecule has 3 nitrogen and oxygen atoms in total. The summed E-state index contributed by atoms with van der Waals surface area (Å²) in [6, 6.07) is 6.42. The van der Waals surface area contributed by atoms with Crippen LogP contribution in [-0.2, 0) is 24.8 Å². The summed E-state index contributed by atoms with van der Waals surface area (Å²) in [5.41, 5.74) is 3.93. The van der Waals surface area contributed by atoms with Crippen molar-refractivity contribution in [2.75, 3.05) is 6.54 Å². The van der Waals surface area contributed by atoms with Gasteiger partial charge in [-0.25, -0.2) is 0 Å². The molecule has 0 saturated heterocycles. The lowest BCUT2D eigenvalue weighted by atomic mass is 10.1. The number of benzene rings is 1. The van der Waals surface area contributed by atoms with Crippen LogP contribution in [0.3, 0.4) is 0 Å². The minimum Gasteiger partial charge on any atom is -0.350 e. The largest absolute Gasteiger partial charge is 0.350 e. The van der Waals surface area contributed by atoms with Gasteiger partial charge in [0.1, 0.15) is 0 Å². The van der Waals surface area contributed by atoms with Crippen molar-refractivity contribution in [3.8, 4) is 0 Å². The van der Waals surface area contributed by atoms with Crippen molar-refractivity contribution >= 4 is 16.8 Å². The van der Waals surface area contributed by atoms with Gasteiger partial charge in [0.15, 0.2) is 0 Å². The van der Waals surface area contributed by atoms with Gasteiger partial charge >= 0.3 is 0 Å². The van der Waals surface area contributed by atoms with Gasteiger partial charge in [-0.3, -0.25) is 4.79 Å². The molecule has 1 amide bonds. The third-order valence-electron chi connectivity index (χ3n) is 4.13. The van der Waals surface area contributed by atoms with E-state index < -0.39 is 0 Å². The molecule has 0 radical (unpaired) electrons. The molecule has 0 unspecified atom stereocenters. The topological polar surface area (TPSA) is 25.2 Å². The van der Waals surface area contributed by atoms with Gasteiger partial charge in [-0.1, -0.05) is 26.0 Å². The van der Waals surface area contributed by atoms with Crippen molar-refractivity contribution < 1.29 is 4.79 Å². The van der Waals surface area contributed by atoms with Crippen LogP contribution in [0.2, 0.25) is 0 Å². The van der Waals surface area contributed by atoms with Crippen molar-refractivity contribution in [2.24, 2.45) is 13.0 Å². The van der Waals surface area contributed by atoms with E-state index in [2.05, 4.69) is 49.9 Å². The number of hydrogen-bond donors (Lipinski definition) is 0. The van der Waals surface area contributed by atoms with Crippen molar-refractivity contribution in [1.82, 2.24) is 9.47 Å². The number of carbonyl (C=O) groups excluding carboxylic acids is 1. The van der Waals surface area contributed by atoms with Crippen LogP contribution in [0.15, 0.2) is 24.4 Å². The Morgan fingerprint density at radius 2 is 2.10 bits per heavy atom. The van der Waals surface area contributed by atoms with Crippen LogP contribution in [-0.4, -0.2) is 21.9 Å². The van der Waals surface area contributed by atoms with Crippen molar-refractivity contribution in [1.29, 1.82) is 0 Å². The summed E-state index contributed by atoms with van der Waals surface area (Å²) in [4.78, 5) is 14.4. The first-order valence-electron chi connectivity index (χ1n) is 7.40. The third-order valence-corrected chi connectivity index (χ3v) is 4.13. The Balaban J connectivity index is 1.96. The lowest BCUT2D eigenvalue weighted by Gasteiger charge is -2.22. The molecular formula is C17H22N2O. The van der Waals surface area contributed by atoms with E-state index in [-0.39, 0.29) is 5.91 Å². The van der Waals surface area contributed by atoms with E-state index in [4.69, 9.17) is 0 Å². The molecule has 106 valence electrons. The molecule has 1 aliphatic rings. The zero-order chi connectivity index (χ0) is 14.3. The number of nitrogens with zero attached hydrogens (tertiary/aromatic N) is 2. The average Bonchev–Trinajstić information content (AvgIpc) is 2.60. The molecule has 3 rings (SSSR count). The van der Waals surface area contributed by atoms with Crippen LogP contribution < -0.4 is 0 Å². The van der Waals surface area contributed by atoms with Crippen LogP contribution in [0, 0.1) is 5.92 Å². The van der Waals surface area contributed by atoms with Gasteiger partial charge in [0.2, 0.25) is 5.91 Å². The van der Waals surface area contributed by atoms with Crippen molar-refractivity contribution in [3.05, 3.63) is 35.5 Å². The SMILES string of the molecule is CC(C)CC(=O)N1CCc2cn(C)c3cccc(c23)C1. The Bertz CT molecular complexity index is 654. The maximum absolute atomic E-state index is 12.3. The van der Waals surface area contributed by atoms with E-state index in [0.29, 0.717) is 12.3 Å². The molecule has 1 aromatic carbocycles. The van der Waals surface area contributed by atoms with E-state index >= 15 is 0 Å². The summed E-state index contributed by atoms with van der Waals surface area (Å²) < 4.78 is 2.19. The average molecular weight is 270 g/mol. The molecule has 0 N–H and O–H groups in total. The first kappa shape index (κ1) is 13.2. The first-order valence-corrected chi connectivity index (χ1v) is 7.40. The van der Waals surface area contributed by atoms with Gasteiger partial charge in [0, 0.05) is 43.7 Å². The van der Waals surface area contributed by atoms with Crippen molar-refractivity contribution in [3.63, 3.8) is 0 Å². The van der Waals surface area contributed by atoms with Crippen LogP contribution in [0.25, 0.3) is 10.9 Å². The summed E-state index contributed by atoms with van der Waals surface area (Å²) >= 11 is 0. The highest BCUT2D eigenvalue weighted by Gasteiger charge is 2.22. The quantitative estimate of drug-likeness (QED) is 0.823. The molecule has 0 saturated carbocycles. The smallest absolute Gasteiger partial charge is 0.223 e. The van der Waals surface area contributed by atoms with Crippen LogP contribution >= 0.6 is 0 Å². The fourth-order valence-corrected chi connectivity index (χ4v) is 3.17. The predicted octanol–water partition coefficient (Wildman–Crippen LogP) is 3.11. The lowest BCUT2D eigenvalue weighted by molar-refractivity contribution is -0.132. The maximum Gasteiger partial charge on any atom is 0.223 e. The molecule has 1 aromatic heterocycles. The second-order valence-electron chi connectivity index (χ2n) is 6.24. The van der Waals surface area contributed by atoms with Crippen LogP contribution in [0.4, 0.5) is 0 Å². The zero-order valence-corrected chi connectivity index (χ0v) is 12.5. The summed E-state index contributed by atoms with van der Waals surface area (Å²) in [5, 5.41) is 1.36. The Morgan fingerprint density at radius 3 is 2.85 bits per heavy atom. The molecule has 2 heterocycles. The Hall–Kier alpha value is -1.77. The molecule has 0 spiro atoms. The van der Waals surface area contributed by atoms with Gasteiger partial charge < -0.3 is 9.47 Å². The fraction of sp³-hybridized carbons (Fsp3) is 0.471. The standard InChI is InChI=1S/C17H22N2O/c1-12(2)9-16(20)19-8-7-14-10-18(3)15-6-4-5-13(11-19)17(14)15/h4-6,10,12H,7-9,11H2,1-3H3. The summed E-state index contributed by atoms with van der Waals surface area (Å²) in [5.74, 6) is 0.706. The molecule has 1 aliphatic heterocycles. The Kier molecular flexibility index (Phi) is 3.28. The van der Waals surface area contributed by atoms with Crippen molar-refractivity contribution in [2.45, 2.75) is 33.2 Å². The van der Waals surface area contributed by atoms with E-state index in [9.17, 15) is 4.79 Å². The lowest BCUT2D eigenvalue weighted by Crippen LogP contribution is -2.32. The molecule has 20 heavy (non-hydrogen) atoms. The second-order valence-corrected chi connectivity index (χ2v) is 6.24. The zero-order valence-electron chi connectivity index (χ0n) is 12.5. The molecule has 0 aliphatic carbocycles. The highest BCUT2D eigenvalue weighted by molar-refractivity contribution is 5.88. The first-order chi connectivity index (χ1) is 9.56. The van der Waals surface area contributed by atoms with E-state index in [0.717, 1.165) is 19.5 Å². The van der Waals surface area contributed by atoms with E-state index in [1.165, 1.54) is 22.0 Å². The summed E-state index contributed by atoms with van der Waals surface area (Å²) in [7, 11) is 2.10. The van der Waals surface area contributed by atoms with Gasteiger partial charge in [-0.15, -0.1) is 0 Å². The summed E-state index contributed by atoms with van der Waals surface area (Å²) in [6.45, 7) is 5.79. The monoisotopic (exact) mass is 270 g/mol. The number of aryl methyl sites for hydroxylation is 1. The Morgan fingerprint density at radius 1 is 1.30 bits per heavy atom. The normalized spacial score (nSPS) is 14.9. The highest BCUT2D eigenvalue weighted by atomic mass is 16.2. The Labute approximate surface area is 120 Å². The molecule has 0 bridgehead atoms. The third kappa shape index (κ3) is 2.21. The molecule has 3 heteroatoms. The van der Waals surface area contributed by atoms with Gasteiger partial charge in [-0.2, -0.15) is 0 Å². The van der Waals surface area contributed by atoms with E-state index in [1.807, 2.05) is 4.90 Å². The summed E-state index contributed by atoms with van der Waals surface area (Å²) in [6.07, 6.45) is 3.82. The molecular weight excluding hydrogens is 248 g/mol. The van der Waals surface area contributed by atoms with Gasteiger partial charge in [0.05, 0.1) is 0 Å². The number of carbonyl (C=O) groups is 1. The van der Waals surface area contributed by atoms with E-state index in [1.54, 1.807) is 0 Å². The fourth-order valence-electron chi connectivity index (χ4n) is 3.17. The van der Waals surface area contributed by atoms with Gasteiger partial charge in [-0.05, 0) is 29.5 Å². The minimum absolute atomic E-state index is 0.284. The molecule has 0 atom stereocenters. The molecule has 0 fully saturated rings. The predicted molar refractivity (Wildman–Crippen MR) is 81.5 cm³/mol. The minimum atomic E-state index is 0.284. The molecule has 2 aromatic rings. The van der Waals surface area contributed by atoms with Crippen LogP contribution in [0.1, 0.15) is 31.4 Å². The number of rotatable bonds is 2. The number of hydrogen-bond acceptors (Lipinski definition) is 1. The van der Waals surface area contributed by atoms with Crippen LogP contribution in [0.5, 0.6) is 0 Å². The number of amides is 1. The maximum atomic E-state index is 12.3.